The van der Waals surface area contributed by atoms with Crippen LogP contribution in [0.25, 0.3) is 0 Å². The van der Waals surface area contributed by atoms with E-state index in [-0.39, 0.29) is 30.1 Å². The van der Waals surface area contributed by atoms with Crippen molar-refractivity contribution in [3.63, 3.8) is 0 Å². The molecule has 1 heterocycles. The molecular weight excluding hydrogens is 426 g/mol. The summed E-state index contributed by atoms with van der Waals surface area (Å²) in [6, 6.07) is 14.5. The Balaban J connectivity index is 1.39. The smallest absolute Gasteiger partial charge is 0.270 e. The standard InChI is InChI=1S/C23H27N5O5/c1-17(25-23(31)18-6-5-9-20(16-18)28(32)33)22(30)24-11-10-21(29)27-14-12-26(13-15-27)19-7-3-2-4-8-19/h2-9,16-17H,10-15H2,1H3,(H,24,30)(H,25,31). The van der Waals surface area contributed by atoms with E-state index in [0.717, 1.165) is 24.8 Å². The maximum absolute atomic E-state index is 12.5. The summed E-state index contributed by atoms with van der Waals surface area (Å²) in [6.07, 6.45) is 0.169. The van der Waals surface area contributed by atoms with Gasteiger partial charge in [-0.25, -0.2) is 0 Å². The van der Waals surface area contributed by atoms with E-state index in [1.807, 2.05) is 30.3 Å². The predicted octanol–water partition coefficient (Wildman–Crippen LogP) is 1.57. The van der Waals surface area contributed by atoms with Crippen molar-refractivity contribution < 1.29 is 19.3 Å². The van der Waals surface area contributed by atoms with Crippen molar-refractivity contribution in [2.75, 3.05) is 37.6 Å². The summed E-state index contributed by atoms with van der Waals surface area (Å²) in [6.45, 7) is 4.42. The number of rotatable bonds is 8. The zero-order chi connectivity index (χ0) is 23.8. The third-order valence-corrected chi connectivity index (χ3v) is 5.45. The van der Waals surface area contributed by atoms with Crippen molar-refractivity contribution in [3.8, 4) is 0 Å². The quantitative estimate of drug-likeness (QED) is 0.462. The lowest BCUT2D eigenvalue weighted by Gasteiger charge is -2.36. The normalized spacial score (nSPS) is 14.3. The van der Waals surface area contributed by atoms with Gasteiger partial charge < -0.3 is 20.4 Å². The molecule has 0 aromatic heterocycles. The van der Waals surface area contributed by atoms with Crippen molar-refractivity contribution in [1.29, 1.82) is 0 Å². The second-order valence-corrected chi connectivity index (χ2v) is 7.75. The lowest BCUT2D eigenvalue weighted by atomic mass is 10.1. The summed E-state index contributed by atoms with van der Waals surface area (Å²) >= 11 is 0. The zero-order valence-electron chi connectivity index (χ0n) is 18.4. The third-order valence-electron chi connectivity index (χ3n) is 5.45. The Kier molecular flexibility index (Phi) is 7.96. The van der Waals surface area contributed by atoms with Crippen LogP contribution in [-0.4, -0.2) is 66.3 Å². The zero-order valence-corrected chi connectivity index (χ0v) is 18.4. The van der Waals surface area contributed by atoms with E-state index in [4.69, 9.17) is 0 Å². The summed E-state index contributed by atoms with van der Waals surface area (Å²) in [4.78, 5) is 51.3. The highest BCUT2D eigenvalue weighted by Gasteiger charge is 2.22. The molecule has 2 aromatic rings. The van der Waals surface area contributed by atoms with E-state index < -0.39 is 22.8 Å². The summed E-state index contributed by atoms with van der Waals surface area (Å²) in [5, 5.41) is 16.0. The monoisotopic (exact) mass is 453 g/mol. The van der Waals surface area contributed by atoms with E-state index >= 15 is 0 Å². The molecule has 1 atom stereocenters. The number of piperazine rings is 1. The molecule has 1 aliphatic rings. The first-order valence-corrected chi connectivity index (χ1v) is 10.8. The van der Waals surface area contributed by atoms with Gasteiger partial charge in [0, 0.05) is 62.5 Å². The molecule has 3 amide bonds. The molecule has 1 unspecified atom stereocenters. The highest BCUT2D eigenvalue weighted by atomic mass is 16.6. The minimum atomic E-state index is -0.860. The highest BCUT2D eigenvalue weighted by Crippen LogP contribution is 2.16. The van der Waals surface area contributed by atoms with Crippen LogP contribution >= 0.6 is 0 Å². The molecule has 1 saturated heterocycles. The number of carbonyl (C=O) groups excluding carboxylic acids is 3. The van der Waals surface area contributed by atoms with Crippen LogP contribution in [0, 0.1) is 10.1 Å². The van der Waals surface area contributed by atoms with Crippen LogP contribution in [0.15, 0.2) is 54.6 Å². The van der Waals surface area contributed by atoms with Gasteiger partial charge in [0.2, 0.25) is 11.8 Å². The number of hydrogen-bond acceptors (Lipinski definition) is 6. The number of amides is 3. The van der Waals surface area contributed by atoms with Gasteiger partial charge in [-0.3, -0.25) is 24.5 Å². The average Bonchev–Trinajstić information content (AvgIpc) is 2.84. The van der Waals surface area contributed by atoms with Gasteiger partial charge in [0.15, 0.2) is 0 Å². The Morgan fingerprint density at radius 3 is 2.39 bits per heavy atom. The van der Waals surface area contributed by atoms with Gasteiger partial charge in [0.1, 0.15) is 6.04 Å². The number of nitro groups is 1. The molecule has 0 spiro atoms. The predicted molar refractivity (Wildman–Crippen MR) is 123 cm³/mol. The second kappa shape index (κ2) is 11.1. The second-order valence-electron chi connectivity index (χ2n) is 7.75. The SMILES string of the molecule is CC(NC(=O)c1cccc([N+](=O)[O-])c1)C(=O)NCCC(=O)N1CCN(c2ccccc2)CC1. The van der Waals surface area contributed by atoms with E-state index in [9.17, 15) is 24.5 Å². The first-order chi connectivity index (χ1) is 15.8. The van der Waals surface area contributed by atoms with Gasteiger partial charge in [-0.15, -0.1) is 0 Å². The lowest BCUT2D eigenvalue weighted by molar-refractivity contribution is -0.384. The molecule has 10 nitrogen and oxygen atoms in total. The lowest BCUT2D eigenvalue weighted by Crippen LogP contribution is -2.50. The molecule has 0 aliphatic carbocycles. The van der Waals surface area contributed by atoms with Gasteiger partial charge in [-0.1, -0.05) is 24.3 Å². The van der Waals surface area contributed by atoms with E-state index in [1.54, 1.807) is 4.90 Å². The number of nitrogens with zero attached hydrogens (tertiary/aromatic N) is 3. The number of carbonyl (C=O) groups is 3. The molecule has 0 saturated carbocycles. The number of benzene rings is 2. The van der Waals surface area contributed by atoms with Crippen molar-refractivity contribution in [2.45, 2.75) is 19.4 Å². The Morgan fingerprint density at radius 1 is 1.03 bits per heavy atom. The van der Waals surface area contributed by atoms with E-state index in [2.05, 4.69) is 15.5 Å². The first-order valence-electron chi connectivity index (χ1n) is 10.8. The van der Waals surface area contributed by atoms with Crippen LogP contribution in [0.2, 0.25) is 0 Å². The van der Waals surface area contributed by atoms with Gasteiger partial charge in [-0.2, -0.15) is 0 Å². The molecule has 2 N–H and O–H groups in total. The number of non-ortho nitro benzene ring substituents is 1. The molecular formula is C23H27N5O5. The number of anilines is 1. The Morgan fingerprint density at radius 2 is 1.73 bits per heavy atom. The summed E-state index contributed by atoms with van der Waals surface area (Å²) in [5.41, 5.74) is 1.02. The average molecular weight is 453 g/mol. The summed E-state index contributed by atoms with van der Waals surface area (Å²) in [7, 11) is 0. The van der Waals surface area contributed by atoms with Crippen LogP contribution in [0.4, 0.5) is 11.4 Å². The highest BCUT2D eigenvalue weighted by molar-refractivity contribution is 5.97. The van der Waals surface area contributed by atoms with Crippen molar-refractivity contribution >= 4 is 29.1 Å². The summed E-state index contributed by atoms with van der Waals surface area (Å²) < 4.78 is 0. The molecule has 2 aromatic carbocycles. The molecule has 0 bridgehead atoms. The summed E-state index contributed by atoms with van der Waals surface area (Å²) in [5.74, 6) is -1.06. The number of para-hydroxylation sites is 1. The number of nitro benzene ring substituents is 1. The Bertz CT molecular complexity index is 1010. The van der Waals surface area contributed by atoms with Gasteiger partial charge in [0.25, 0.3) is 11.6 Å². The van der Waals surface area contributed by atoms with Gasteiger partial charge in [0.05, 0.1) is 4.92 Å². The maximum atomic E-state index is 12.5. The number of hydrogen-bond donors (Lipinski definition) is 2. The minimum absolute atomic E-state index is 0.0312. The minimum Gasteiger partial charge on any atom is -0.368 e. The Hall–Kier alpha value is -3.95. The molecule has 174 valence electrons. The van der Waals surface area contributed by atoms with Crippen molar-refractivity contribution in [3.05, 3.63) is 70.3 Å². The van der Waals surface area contributed by atoms with Gasteiger partial charge >= 0.3 is 0 Å². The fourth-order valence-electron chi connectivity index (χ4n) is 3.56. The van der Waals surface area contributed by atoms with Crippen molar-refractivity contribution in [2.24, 2.45) is 0 Å². The van der Waals surface area contributed by atoms with Crippen LogP contribution in [0.3, 0.4) is 0 Å². The number of nitrogens with one attached hydrogen (secondary N) is 2. The molecule has 33 heavy (non-hydrogen) atoms. The molecule has 10 heteroatoms. The van der Waals surface area contributed by atoms with Crippen molar-refractivity contribution in [1.82, 2.24) is 15.5 Å². The Labute approximate surface area is 191 Å². The van der Waals surface area contributed by atoms with Crippen LogP contribution in [0.1, 0.15) is 23.7 Å². The van der Waals surface area contributed by atoms with Crippen LogP contribution < -0.4 is 15.5 Å². The first kappa shape index (κ1) is 23.7. The van der Waals surface area contributed by atoms with Crippen LogP contribution in [0.5, 0.6) is 0 Å². The fourth-order valence-corrected chi connectivity index (χ4v) is 3.56. The van der Waals surface area contributed by atoms with E-state index in [0.29, 0.717) is 13.1 Å². The van der Waals surface area contributed by atoms with Gasteiger partial charge in [-0.05, 0) is 25.1 Å². The fraction of sp³-hybridized carbons (Fsp3) is 0.348. The molecule has 0 radical (unpaired) electrons. The molecule has 1 aliphatic heterocycles. The molecule has 1 fully saturated rings. The molecule has 3 rings (SSSR count). The van der Waals surface area contributed by atoms with Crippen LogP contribution in [-0.2, 0) is 9.59 Å². The topological polar surface area (TPSA) is 125 Å². The maximum Gasteiger partial charge on any atom is 0.270 e. The van der Waals surface area contributed by atoms with E-state index in [1.165, 1.54) is 25.1 Å². The largest absolute Gasteiger partial charge is 0.368 e. The third kappa shape index (κ3) is 6.52.